The van der Waals surface area contributed by atoms with Crippen LogP contribution in [0.5, 0.6) is 0 Å². The standard InChI is InChI=1S/C20H39N3O/c1-5-21-11-7-17(8-12-21)15-22-9-6-10-23(16-22)18-13-19(14-18)24-20(2,3)4/h17-19H,5-16H2,1-4H3. The largest absolute Gasteiger partial charge is 0.373 e. The number of likely N-dealkylation sites (tertiary alicyclic amines) is 1. The molecule has 4 nitrogen and oxygen atoms in total. The quantitative estimate of drug-likeness (QED) is 0.767. The first kappa shape index (κ1) is 18.6. The van der Waals surface area contributed by atoms with E-state index in [1.165, 1.54) is 78.0 Å². The maximum atomic E-state index is 6.12. The van der Waals surface area contributed by atoms with Gasteiger partial charge in [0, 0.05) is 25.7 Å². The normalized spacial score (nSPS) is 32.0. The van der Waals surface area contributed by atoms with E-state index in [9.17, 15) is 0 Å². The van der Waals surface area contributed by atoms with Crippen molar-refractivity contribution >= 4 is 0 Å². The van der Waals surface area contributed by atoms with Crippen LogP contribution in [0, 0.1) is 5.92 Å². The van der Waals surface area contributed by atoms with Crippen LogP contribution in [0.4, 0.5) is 0 Å². The smallest absolute Gasteiger partial charge is 0.0612 e. The molecule has 2 aliphatic heterocycles. The summed E-state index contributed by atoms with van der Waals surface area (Å²) in [6, 6.07) is 0.766. The maximum Gasteiger partial charge on any atom is 0.0612 e. The highest BCUT2D eigenvalue weighted by Gasteiger charge is 2.38. The lowest BCUT2D eigenvalue weighted by atomic mass is 9.87. The molecule has 2 saturated heterocycles. The first-order valence-electron chi connectivity index (χ1n) is 10.3. The summed E-state index contributed by atoms with van der Waals surface area (Å²) in [5.74, 6) is 0.922. The van der Waals surface area contributed by atoms with Gasteiger partial charge in [-0.1, -0.05) is 6.92 Å². The van der Waals surface area contributed by atoms with Crippen molar-refractivity contribution in [2.45, 2.75) is 77.5 Å². The number of piperidine rings is 1. The molecule has 0 spiro atoms. The zero-order chi connectivity index (χ0) is 17.2. The summed E-state index contributed by atoms with van der Waals surface area (Å²) in [6.45, 7) is 17.8. The molecule has 1 saturated carbocycles. The van der Waals surface area contributed by atoms with E-state index < -0.39 is 0 Å². The average Bonchev–Trinajstić information content (AvgIpc) is 2.51. The molecule has 3 fully saturated rings. The average molecular weight is 338 g/mol. The maximum absolute atomic E-state index is 6.12. The van der Waals surface area contributed by atoms with Crippen LogP contribution in [-0.4, -0.2) is 78.4 Å². The van der Waals surface area contributed by atoms with Gasteiger partial charge in [-0.05, 0) is 78.4 Å². The van der Waals surface area contributed by atoms with Crippen LogP contribution in [0.2, 0.25) is 0 Å². The van der Waals surface area contributed by atoms with Crippen molar-refractivity contribution < 1.29 is 4.74 Å². The number of ether oxygens (including phenoxy) is 1. The highest BCUT2D eigenvalue weighted by atomic mass is 16.5. The van der Waals surface area contributed by atoms with Crippen molar-refractivity contribution in [1.29, 1.82) is 0 Å². The van der Waals surface area contributed by atoms with Gasteiger partial charge in [-0.25, -0.2) is 0 Å². The molecular formula is C20H39N3O. The molecule has 2 heterocycles. The second-order valence-electron chi connectivity index (χ2n) is 9.24. The summed E-state index contributed by atoms with van der Waals surface area (Å²) in [5, 5.41) is 0. The van der Waals surface area contributed by atoms with Gasteiger partial charge in [-0.15, -0.1) is 0 Å². The fraction of sp³-hybridized carbons (Fsp3) is 1.00. The fourth-order valence-corrected chi connectivity index (χ4v) is 4.63. The minimum absolute atomic E-state index is 0.0108. The molecule has 0 amide bonds. The molecule has 140 valence electrons. The van der Waals surface area contributed by atoms with Crippen molar-refractivity contribution in [3.8, 4) is 0 Å². The third-order valence-electron chi connectivity index (χ3n) is 6.08. The first-order valence-corrected chi connectivity index (χ1v) is 10.3. The van der Waals surface area contributed by atoms with Gasteiger partial charge in [0.2, 0.25) is 0 Å². The first-order chi connectivity index (χ1) is 11.4. The van der Waals surface area contributed by atoms with Crippen LogP contribution in [0.25, 0.3) is 0 Å². The Morgan fingerprint density at radius 1 is 0.958 bits per heavy atom. The highest BCUT2D eigenvalue weighted by molar-refractivity contribution is 4.91. The summed E-state index contributed by atoms with van der Waals surface area (Å²) in [4.78, 5) is 8.06. The molecule has 24 heavy (non-hydrogen) atoms. The molecule has 4 heteroatoms. The van der Waals surface area contributed by atoms with E-state index in [1.807, 2.05) is 0 Å². The Labute approximate surface area is 149 Å². The Morgan fingerprint density at radius 2 is 1.67 bits per heavy atom. The molecular weight excluding hydrogens is 298 g/mol. The van der Waals surface area contributed by atoms with E-state index in [0.29, 0.717) is 6.10 Å². The van der Waals surface area contributed by atoms with E-state index in [-0.39, 0.29) is 5.60 Å². The van der Waals surface area contributed by atoms with E-state index in [0.717, 1.165) is 12.0 Å². The van der Waals surface area contributed by atoms with Gasteiger partial charge < -0.3 is 9.64 Å². The predicted molar refractivity (Wildman–Crippen MR) is 100 cm³/mol. The molecule has 1 aliphatic carbocycles. The molecule has 0 aromatic heterocycles. The SMILES string of the molecule is CCN1CCC(CN2CCCN(C3CC(OC(C)(C)C)C3)C2)CC1. The van der Waals surface area contributed by atoms with E-state index >= 15 is 0 Å². The number of nitrogens with zero attached hydrogens (tertiary/aromatic N) is 3. The predicted octanol–water partition coefficient (Wildman–Crippen LogP) is 3.03. The third kappa shape index (κ3) is 5.17. The van der Waals surface area contributed by atoms with Crippen LogP contribution in [0.3, 0.4) is 0 Å². The van der Waals surface area contributed by atoms with Gasteiger partial charge in [-0.2, -0.15) is 0 Å². The van der Waals surface area contributed by atoms with Crippen molar-refractivity contribution in [2.24, 2.45) is 5.92 Å². The molecule has 3 aliphatic rings. The Bertz CT molecular complexity index is 381. The topological polar surface area (TPSA) is 19.0 Å². The van der Waals surface area contributed by atoms with Gasteiger partial charge in [0.25, 0.3) is 0 Å². The van der Waals surface area contributed by atoms with Crippen molar-refractivity contribution in [2.75, 3.05) is 45.9 Å². The van der Waals surface area contributed by atoms with Gasteiger partial charge in [0.05, 0.1) is 18.4 Å². The Hall–Kier alpha value is -0.160. The number of hydrogen-bond acceptors (Lipinski definition) is 4. The molecule has 0 aromatic rings. The van der Waals surface area contributed by atoms with Crippen molar-refractivity contribution in [3.05, 3.63) is 0 Å². The van der Waals surface area contributed by atoms with E-state index in [4.69, 9.17) is 4.74 Å². The van der Waals surface area contributed by atoms with E-state index in [2.05, 4.69) is 42.4 Å². The lowest BCUT2D eigenvalue weighted by Crippen LogP contribution is -2.56. The lowest BCUT2D eigenvalue weighted by Gasteiger charge is -2.48. The van der Waals surface area contributed by atoms with E-state index in [1.54, 1.807) is 0 Å². The van der Waals surface area contributed by atoms with Crippen molar-refractivity contribution in [3.63, 3.8) is 0 Å². The molecule has 3 rings (SSSR count). The van der Waals surface area contributed by atoms with Crippen LogP contribution >= 0.6 is 0 Å². The van der Waals surface area contributed by atoms with Gasteiger partial charge >= 0.3 is 0 Å². The monoisotopic (exact) mass is 337 g/mol. The number of hydrogen-bond donors (Lipinski definition) is 0. The number of rotatable bonds is 5. The summed E-state index contributed by atoms with van der Waals surface area (Å²) >= 11 is 0. The summed E-state index contributed by atoms with van der Waals surface area (Å²) < 4.78 is 6.12. The van der Waals surface area contributed by atoms with Crippen LogP contribution in [0.1, 0.15) is 59.8 Å². The van der Waals surface area contributed by atoms with Crippen LogP contribution in [0.15, 0.2) is 0 Å². The Balaban J connectivity index is 1.38. The minimum Gasteiger partial charge on any atom is -0.373 e. The second kappa shape index (κ2) is 8.03. The minimum atomic E-state index is 0.0108. The van der Waals surface area contributed by atoms with Crippen molar-refractivity contribution in [1.82, 2.24) is 14.7 Å². The Morgan fingerprint density at radius 3 is 2.29 bits per heavy atom. The summed E-state index contributed by atoms with van der Waals surface area (Å²) in [6.07, 6.45) is 7.10. The third-order valence-corrected chi connectivity index (χ3v) is 6.08. The van der Waals surface area contributed by atoms with Crippen LogP contribution in [-0.2, 0) is 4.74 Å². The molecule has 0 radical (unpaired) electrons. The summed E-state index contributed by atoms with van der Waals surface area (Å²) in [7, 11) is 0. The van der Waals surface area contributed by atoms with Gasteiger partial charge in [0.1, 0.15) is 0 Å². The summed E-state index contributed by atoms with van der Waals surface area (Å²) in [5.41, 5.74) is 0.0108. The molecule has 0 N–H and O–H groups in total. The van der Waals surface area contributed by atoms with Gasteiger partial charge in [0.15, 0.2) is 0 Å². The zero-order valence-electron chi connectivity index (χ0n) is 16.5. The molecule has 0 bridgehead atoms. The van der Waals surface area contributed by atoms with Crippen LogP contribution < -0.4 is 0 Å². The zero-order valence-corrected chi connectivity index (χ0v) is 16.5. The van der Waals surface area contributed by atoms with Gasteiger partial charge in [-0.3, -0.25) is 9.80 Å². The highest BCUT2D eigenvalue weighted by Crippen LogP contribution is 2.32. The molecule has 0 atom stereocenters. The fourth-order valence-electron chi connectivity index (χ4n) is 4.63. The molecule has 0 unspecified atom stereocenters. The second-order valence-corrected chi connectivity index (χ2v) is 9.24. The Kier molecular flexibility index (Phi) is 6.23. The lowest BCUT2D eigenvalue weighted by molar-refractivity contribution is -0.129. The molecule has 0 aromatic carbocycles.